The van der Waals surface area contributed by atoms with Gasteiger partial charge in [0.15, 0.2) is 35.1 Å². The molecule has 0 spiro atoms. The van der Waals surface area contributed by atoms with Crippen LogP contribution in [-0.2, 0) is 0 Å². The van der Waals surface area contributed by atoms with Crippen LogP contribution >= 0.6 is 0 Å². The molecule has 1 atom stereocenters. The van der Waals surface area contributed by atoms with Crippen LogP contribution in [0.15, 0.2) is 35.3 Å². The van der Waals surface area contributed by atoms with Gasteiger partial charge in [-0.3, -0.25) is 9.88 Å². The summed E-state index contributed by atoms with van der Waals surface area (Å²) < 4.78 is 24.5. The number of aromatic nitrogens is 2. The predicted molar refractivity (Wildman–Crippen MR) is 108 cm³/mol. The van der Waals surface area contributed by atoms with Gasteiger partial charge in [0.05, 0.1) is 38.5 Å². The van der Waals surface area contributed by atoms with E-state index in [-0.39, 0.29) is 0 Å². The number of ether oxygens (including phenoxy) is 4. The maximum absolute atomic E-state index is 6.05. The van der Waals surface area contributed by atoms with E-state index in [0.29, 0.717) is 48.1 Å². The van der Waals surface area contributed by atoms with Crippen LogP contribution in [0.3, 0.4) is 0 Å². The minimum absolute atomic E-state index is 0.293. The van der Waals surface area contributed by atoms with Crippen LogP contribution < -0.4 is 30.0 Å². The molecule has 0 bridgehead atoms. The minimum Gasteiger partial charge on any atom is -0.493 e. The summed E-state index contributed by atoms with van der Waals surface area (Å²) in [5.74, 6) is 3.56. The average Bonchev–Trinajstić information content (AvgIpc) is 2.92. The number of methoxy groups -OCH3 is 2. The van der Waals surface area contributed by atoms with Gasteiger partial charge in [0.2, 0.25) is 5.95 Å². The van der Waals surface area contributed by atoms with Gasteiger partial charge >= 0.3 is 0 Å². The minimum atomic E-state index is -0.416. The fraction of sp³-hybridized carbons (Fsp3) is 0.300. The molecule has 3 heterocycles. The van der Waals surface area contributed by atoms with Crippen LogP contribution in [0, 0.1) is 0 Å². The van der Waals surface area contributed by atoms with Crippen molar-refractivity contribution < 1.29 is 18.9 Å². The van der Waals surface area contributed by atoms with Crippen LogP contribution in [0.5, 0.6) is 23.0 Å². The molecule has 0 amide bonds. The molecule has 3 N–H and O–H groups in total. The van der Waals surface area contributed by atoms with Crippen LogP contribution in [-0.4, -0.2) is 42.9 Å². The molecule has 5 rings (SSSR count). The van der Waals surface area contributed by atoms with E-state index in [2.05, 4.69) is 10.3 Å². The number of imidazole rings is 1. The number of guanidine groups is 1. The number of rotatable bonds is 3. The Morgan fingerprint density at radius 1 is 1.07 bits per heavy atom. The number of hydrogen-bond donors (Lipinski definition) is 2. The topological polar surface area (TPSA) is 105 Å². The monoisotopic (exact) mass is 395 g/mol. The molecule has 2 aliphatic rings. The molecule has 1 unspecified atom stereocenters. The lowest BCUT2D eigenvalue weighted by Gasteiger charge is -2.24. The van der Waals surface area contributed by atoms with Gasteiger partial charge in [-0.05, 0) is 12.1 Å². The van der Waals surface area contributed by atoms with E-state index in [0.717, 1.165) is 23.0 Å². The Bertz CT molecular complexity index is 1120. The zero-order chi connectivity index (χ0) is 20.0. The number of nitrogens with one attached hydrogen (secondary N) is 1. The standard InChI is InChI=1S/C20H21N5O4/c1-26-14-5-4-11(8-15(14)27-2)18-23-19(21)24-20-22-12-9-16-17(10-13(12)25(18)20)29-7-3-6-28-16/h4-5,8-10,18H,3,6-7H2,1-2H3,(H3,21,22,23,24). The molecule has 9 nitrogen and oxygen atoms in total. The Hall–Kier alpha value is -3.62. The molecule has 1 aromatic heterocycles. The lowest BCUT2D eigenvalue weighted by Crippen LogP contribution is -2.31. The maximum Gasteiger partial charge on any atom is 0.212 e. The number of fused-ring (bicyclic) bond motifs is 4. The van der Waals surface area contributed by atoms with Crippen LogP contribution in [0.1, 0.15) is 18.2 Å². The van der Waals surface area contributed by atoms with E-state index < -0.39 is 6.17 Å². The molecule has 2 aromatic carbocycles. The summed E-state index contributed by atoms with van der Waals surface area (Å²) in [5, 5.41) is 3.05. The van der Waals surface area contributed by atoms with E-state index in [1.54, 1.807) is 14.2 Å². The van der Waals surface area contributed by atoms with Crippen molar-refractivity contribution in [1.82, 2.24) is 9.55 Å². The van der Waals surface area contributed by atoms with Gasteiger partial charge in [-0.2, -0.15) is 0 Å². The smallest absolute Gasteiger partial charge is 0.212 e. The first kappa shape index (κ1) is 17.5. The number of nitrogens with zero attached hydrogens (tertiary/aromatic N) is 3. The molecule has 0 fully saturated rings. The third kappa shape index (κ3) is 2.86. The van der Waals surface area contributed by atoms with Gasteiger partial charge in [-0.15, -0.1) is 0 Å². The lowest BCUT2D eigenvalue weighted by atomic mass is 10.1. The average molecular weight is 395 g/mol. The quantitative estimate of drug-likeness (QED) is 0.702. The molecule has 3 aromatic rings. The van der Waals surface area contributed by atoms with E-state index in [4.69, 9.17) is 29.7 Å². The van der Waals surface area contributed by atoms with Gasteiger partial charge in [0.25, 0.3) is 0 Å². The van der Waals surface area contributed by atoms with Crippen molar-refractivity contribution >= 4 is 22.9 Å². The van der Waals surface area contributed by atoms with Gasteiger partial charge in [-0.25, -0.2) is 9.98 Å². The first-order valence-corrected chi connectivity index (χ1v) is 9.31. The third-order valence-electron chi connectivity index (χ3n) is 5.01. The molecular formula is C20H21N5O4. The van der Waals surface area contributed by atoms with Crippen molar-refractivity contribution in [1.29, 1.82) is 0 Å². The summed E-state index contributed by atoms with van der Waals surface area (Å²) in [6.45, 7) is 1.23. The zero-order valence-corrected chi connectivity index (χ0v) is 16.1. The normalized spacial score (nSPS) is 17.7. The van der Waals surface area contributed by atoms with E-state index in [1.165, 1.54) is 0 Å². The first-order valence-electron chi connectivity index (χ1n) is 9.31. The molecular weight excluding hydrogens is 374 g/mol. The molecule has 0 radical (unpaired) electrons. The Labute approximate surface area is 167 Å². The fourth-order valence-electron chi connectivity index (χ4n) is 3.66. The number of hydrogen-bond acceptors (Lipinski definition) is 8. The Kier molecular flexibility index (Phi) is 4.08. The number of anilines is 1. The van der Waals surface area contributed by atoms with Crippen LogP contribution in [0.2, 0.25) is 0 Å². The highest BCUT2D eigenvalue weighted by Crippen LogP contribution is 2.40. The van der Waals surface area contributed by atoms with Crippen molar-refractivity contribution in [3.63, 3.8) is 0 Å². The van der Waals surface area contributed by atoms with Gasteiger partial charge in [0.1, 0.15) is 0 Å². The largest absolute Gasteiger partial charge is 0.493 e. The van der Waals surface area contributed by atoms with Crippen LogP contribution in [0.4, 0.5) is 5.95 Å². The summed E-state index contributed by atoms with van der Waals surface area (Å²) in [5.41, 5.74) is 8.58. The Morgan fingerprint density at radius 2 is 1.83 bits per heavy atom. The highest BCUT2D eigenvalue weighted by molar-refractivity contribution is 5.95. The molecule has 150 valence electrons. The van der Waals surface area contributed by atoms with Gasteiger partial charge < -0.3 is 24.7 Å². The van der Waals surface area contributed by atoms with Gasteiger partial charge in [0, 0.05) is 24.1 Å². The number of nitrogens with two attached hydrogens (primary N) is 1. The van der Waals surface area contributed by atoms with Crippen molar-refractivity contribution in [2.75, 3.05) is 32.8 Å². The second-order valence-corrected chi connectivity index (χ2v) is 6.77. The summed E-state index contributed by atoms with van der Waals surface area (Å²) in [6.07, 6.45) is 0.426. The second kappa shape index (κ2) is 6.77. The molecule has 0 aliphatic carbocycles. The summed E-state index contributed by atoms with van der Waals surface area (Å²) in [6, 6.07) is 9.52. The highest BCUT2D eigenvalue weighted by atomic mass is 16.5. The van der Waals surface area contributed by atoms with Gasteiger partial charge in [-0.1, -0.05) is 6.07 Å². The van der Waals surface area contributed by atoms with E-state index in [9.17, 15) is 0 Å². The summed E-state index contributed by atoms with van der Waals surface area (Å²) in [7, 11) is 3.21. The van der Waals surface area contributed by atoms with Crippen molar-refractivity contribution in [2.24, 2.45) is 10.7 Å². The van der Waals surface area contributed by atoms with E-state index in [1.807, 2.05) is 34.9 Å². The Balaban J connectivity index is 1.68. The fourth-order valence-corrected chi connectivity index (χ4v) is 3.66. The zero-order valence-electron chi connectivity index (χ0n) is 16.1. The number of aliphatic imine (C=N–C) groups is 1. The highest BCUT2D eigenvalue weighted by Gasteiger charge is 2.27. The van der Waals surface area contributed by atoms with E-state index >= 15 is 0 Å². The van der Waals surface area contributed by atoms with Crippen molar-refractivity contribution in [3.8, 4) is 23.0 Å². The molecule has 0 saturated heterocycles. The molecule has 29 heavy (non-hydrogen) atoms. The predicted octanol–water partition coefficient (Wildman–Crippen LogP) is 2.50. The lowest BCUT2D eigenvalue weighted by molar-refractivity contribution is 0.297. The molecule has 9 heteroatoms. The van der Waals surface area contributed by atoms with Crippen molar-refractivity contribution in [2.45, 2.75) is 12.6 Å². The summed E-state index contributed by atoms with van der Waals surface area (Å²) >= 11 is 0. The Morgan fingerprint density at radius 3 is 2.59 bits per heavy atom. The first-order chi connectivity index (χ1) is 14.2. The second-order valence-electron chi connectivity index (χ2n) is 6.77. The summed E-state index contributed by atoms with van der Waals surface area (Å²) in [4.78, 5) is 9.31. The van der Waals surface area contributed by atoms with Crippen LogP contribution in [0.25, 0.3) is 11.0 Å². The third-order valence-corrected chi connectivity index (χ3v) is 5.01. The molecule has 2 aliphatic heterocycles. The number of benzene rings is 2. The van der Waals surface area contributed by atoms with Crippen molar-refractivity contribution in [3.05, 3.63) is 35.9 Å². The molecule has 0 saturated carbocycles. The maximum atomic E-state index is 6.05. The SMILES string of the molecule is COc1ccc(C2N=C(N)Nc3nc4cc5c(cc4n32)OCCCO5)cc1OC.